The van der Waals surface area contributed by atoms with E-state index in [-0.39, 0.29) is 11.9 Å². The van der Waals surface area contributed by atoms with Crippen LogP contribution in [-0.4, -0.2) is 12.5 Å². The maximum absolute atomic E-state index is 11.6. The van der Waals surface area contributed by atoms with Crippen LogP contribution in [0.5, 0.6) is 0 Å². The Balaban J connectivity index is 1.77. The summed E-state index contributed by atoms with van der Waals surface area (Å²) in [5, 5.41) is 2.93. The zero-order valence-electron chi connectivity index (χ0n) is 9.36. The van der Waals surface area contributed by atoms with Gasteiger partial charge in [0.1, 0.15) is 0 Å². The molecule has 1 unspecified atom stereocenters. The molecule has 3 heteroatoms. The summed E-state index contributed by atoms with van der Waals surface area (Å²) in [4.78, 5) is 11.6. The van der Waals surface area contributed by atoms with Crippen molar-refractivity contribution in [2.75, 3.05) is 6.54 Å². The molecule has 0 aromatic heterocycles. The molecule has 1 aliphatic carbocycles. The summed E-state index contributed by atoms with van der Waals surface area (Å²) in [5.74, 6) is 0.778. The number of rotatable bonds is 5. The van der Waals surface area contributed by atoms with Crippen molar-refractivity contribution in [3.8, 4) is 0 Å². The van der Waals surface area contributed by atoms with Crippen LogP contribution in [0, 0.1) is 5.92 Å². The van der Waals surface area contributed by atoms with E-state index in [2.05, 4.69) is 5.32 Å². The molecule has 3 nitrogen and oxygen atoms in total. The second-order valence-corrected chi connectivity index (χ2v) is 4.47. The zero-order chi connectivity index (χ0) is 11.4. The van der Waals surface area contributed by atoms with E-state index in [0.29, 0.717) is 6.42 Å². The first kappa shape index (κ1) is 11.1. The van der Waals surface area contributed by atoms with Crippen molar-refractivity contribution in [1.29, 1.82) is 0 Å². The first-order valence-electron chi connectivity index (χ1n) is 5.83. The lowest BCUT2D eigenvalue weighted by Crippen LogP contribution is -2.29. The molecule has 1 aromatic carbocycles. The third-order valence-corrected chi connectivity index (χ3v) is 2.92. The van der Waals surface area contributed by atoms with Gasteiger partial charge in [0, 0.05) is 19.0 Å². The Bertz CT molecular complexity index is 346. The molecule has 1 saturated carbocycles. The molecule has 1 amide bonds. The van der Waals surface area contributed by atoms with Gasteiger partial charge in [-0.1, -0.05) is 30.3 Å². The van der Waals surface area contributed by atoms with Gasteiger partial charge in [0.15, 0.2) is 0 Å². The van der Waals surface area contributed by atoms with E-state index in [1.165, 1.54) is 12.8 Å². The van der Waals surface area contributed by atoms with Gasteiger partial charge in [-0.15, -0.1) is 0 Å². The number of nitrogens with one attached hydrogen (secondary N) is 1. The highest BCUT2D eigenvalue weighted by molar-refractivity contribution is 5.76. The molecule has 0 aliphatic heterocycles. The topological polar surface area (TPSA) is 55.1 Å². The Morgan fingerprint density at radius 1 is 1.38 bits per heavy atom. The minimum Gasteiger partial charge on any atom is -0.356 e. The fourth-order valence-electron chi connectivity index (χ4n) is 1.67. The van der Waals surface area contributed by atoms with Crippen molar-refractivity contribution in [2.24, 2.45) is 11.7 Å². The van der Waals surface area contributed by atoms with E-state index < -0.39 is 0 Å². The van der Waals surface area contributed by atoms with Crippen molar-refractivity contribution >= 4 is 5.91 Å². The van der Waals surface area contributed by atoms with E-state index in [1.54, 1.807) is 0 Å². The number of benzene rings is 1. The highest BCUT2D eigenvalue weighted by Crippen LogP contribution is 2.27. The quantitative estimate of drug-likeness (QED) is 0.788. The Morgan fingerprint density at radius 3 is 2.69 bits per heavy atom. The molecule has 1 fully saturated rings. The molecule has 0 saturated heterocycles. The second kappa shape index (κ2) is 5.12. The molecule has 2 rings (SSSR count). The van der Waals surface area contributed by atoms with Gasteiger partial charge in [0.05, 0.1) is 0 Å². The van der Waals surface area contributed by atoms with Gasteiger partial charge in [-0.25, -0.2) is 0 Å². The van der Waals surface area contributed by atoms with Crippen LogP contribution in [0.25, 0.3) is 0 Å². The third kappa shape index (κ3) is 3.35. The molecule has 0 radical (unpaired) electrons. The van der Waals surface area contributed by atoms with Crippen LogP contribution in [0.1, 0.15) is 30.9 Å². The van der Waals surface area contributed by atoms with Crippen molar-refractivity contribution in [3.05, 3.63) is 35.9 Å². The van der Waals surface area contributed by atoms with E-state index in [1.807, 2.05) is 30.3 Å². The summed E-state index contributed by atoms with van der Waals surface area (Å²) < 4.78 is 0. The fourth-order valence-corrected chi connectivity index (χ4v) is 1.67. The third-order valence-electron chi connectivity index (χ3n) is 2.92. The van der Waals surface area contributed by atoms with Crippen LogP contribution >= 0.6 is 0 Å². The van der Waals surface area contributed by atoms with Gasteiger partial charge in [-0.3, -0.25) is 4.79 Å². The number of carbonyl (C=O) groups excluding carboxylic acids is 1. The van der Waals surface area contributed by atoms with Gasteiger partial charge in [0.25, 0.3) is 0 Å². The van der Waals surface area contributed by atoms with Crippen LogP contribution in [0.15, 0.2) is 30.3 Å². The molecule has 0 bridgehead atoms. The molecule has 16 heavy (non-hydrogen) atoms. The Kier molecular flexibility index (Phi) is 3.57. The average molecular weight is 218 g/mol. The summed E-state index contributed by atoms with van der Waals surface area (Å²) in [6.45, 7) is 0.820. The first-order valence-corrected chi connectivity index (χ1v) is 5.83. The van der Waals surface area contributed by atoms with Crippen LogP contribution in [0.4, 0.5) is 0 Å². The molecule has 1 aliphatic rings. The predicted molar refractivity (Wildman–Crippen MR) is 63.7 cm³/mol. The van der Waals surface area contributed by atoms with Crippen molar-refractivity contribution in [2.45, 2.75) is 25.3 Å². The smallest absolute Gasteiger partial charge is 0.221 e. The number of carbonyl (C=O) groups is 1. The van der Waals surface area contributed by atoms with E-state index in [0.717, 1.165) is 18.0 Å². The van der Waals surface area contributed by atoms with Gasteiger partial charge in [-0.05, 0) is 24.3 Å². The molecule has 3 N–H and O–H groups in total. The SMILES string of the molecule is NC(CC(=O)NCC1CC1)c1ccccc1. The summed E-state index contributed by atoms with van der Waals surface area (Å²) in [7, 11) is 0. The second-order valence-electron chi connectivity index (χ2n) is 4.47. The molecule has 1 aromatic rings. The monoisotopic (exact) mass is 218 g/mol. The Labute approximate surface area is 96.0 Å². The number of hydrogen-bond donors (Lipinski definition) is 2. The molecule has 86 valence electrons. The van der Waals surface area contributed by atoms with Crippen molar-refractivity contribution in [3.63, 3.8) is 0 Å². The molecular weight excluding hydrogens is 200 g/mol. The van der Waals surface area contributed by atoms with E-state index in [9.17, 15) is 4.79 Å². The van der Waals surface area contributed by atoms with Crippen LogP contribution in [0.3, 0.4) is 0 Å². The number of hydrogen-bond acceptors (Lipinski definition) is 2. The molecule has 0 spiro atoms. The summed E-state index contributed by atoms with van der Waals surface area (Å²) >= 11 is 0. The minimum atomic E-state index is -0.194. The maximum Gasteiger partial charge on any atom is 0.221 e. The zero-order valence-corrected chi connectivity index (χ0v) is 9.36. The fraction of sp³-hybridized carbons (Fsp3) is 0.462. The first-order chi connectivity index (χ1) is 7.75. The van der Waals surface area contributed by atoms with Gasteiger partial charge >= 0.3 is 0 Å². The van der Waals surface area contributed by atoms with Crippen LogP contribution in [0.2, 0.25) is 0 Å². The van der Waals surface area contributed by atoms with E-state index in [4.69, 9.17) is 5.73 Å². The predicted octanol–water partition coefficient (Wildman–Crippen LogP) is 1.60. The maximum atomic E-state index is 11.6. The van der Waals surface area contributed by atoms with Gasteiger partial charge < -0.3 is 11.1 Å². The number of amides is 1. The molecular formula is C13H18N2O. The summed E-state index contributed by atoms with van der Waals surface area (Å²) in [6, 6.07) is 9.55. The Morgan fingerprint density at radius 2 is 2.06 bits per heavy atom. The molecule has 1 atom stereocenters. The lowest BCUT2D eigenvalue weighted by Gasteiger charge is -2.11. The standard InChI is InChI=1S/C13H18N2O/c14-12(11-4-2-1-3-5-11)8-13(16)15-9-10-6-7-10/h1-5,10,12H,6-9,14H2,(H,15,16). The minimum absolute atomic E-state index is 0.0586. The lowest BCUT2D eigenvalue weighted by molar-refractivity contribution is -0.121. The normalized spacial score (nSPS) is 16.8. The largest absolute Gasteiger partial charge is 0.356 e. The summed E-state index contributed by atoms with van der Waals surface area (Å²) in [5.41, 5.74) is 6.97. The van der Waals surface area contributed by atoms with Gasteiger partial charge in [-0.2, -0.15) is 0 Å². The molecule has 0 heterocycles. The average Bonchev–Trinajstić information content (AvgIpc) is 3.11. The number of nitrogens with two attached hydrogens (primary N) is 1. The summed E-state index contributed by atoms with van der Waals surface area (Å²) in [6.07, 6.45) is 2.88. The van der Waals surface area contributed by atoms with Crippen molar-refractivity contribution in [1.82, 2.24) is 5.32 Å². The van der Waals surface area contributed by atoms with Crippen molar-refractivity contribution < 1.29 is 4.79 Å². The van der Waals surface area contributed by atoms with E-state index >= 15 is 0 Å². The van der Waals surface area contributed by atoms with Crippen LogP contribution in [-0.2, 0) is 4.79 Å². The Hall–Kier alpha value is -1.35. The van der Waals surface area contributed by atoms with Gasteiger partial charge in [0.2, 0.25) is 5.91 Å². The highest BCUT2D eigenvalue weighted by Gasteiger charge is 2.22. The lowest BCUT2D eigenvalue weighted by atomic mass is 10.0. The highest BCUT2D eigenvalue weighted by atomic mass is 16.1. The van der Waals surface area contributed by atoms with Crippen LogP contribution < -0.4 is 11.1 Å².